The van der Waals surface area contributed by atoms with Crippen molar-refractivity contribution in [2.24, 2.45) is 17.8 Å². The zero-order chi connectivity index (χ0) is 13.7. The monoisotopic (exact) mass is 260 g/mol. The standard InChI is InChI=1S/C17H24O2/c1-13(17(18)19-2)16-10-6-9-15(16)12-11-14-7-4-3-5-8-14/h3-5,7-8,13,15-16H,6,9-12H2,1-2H3/t13-,15-,16-/m1/s1. The fourth-order valence-corrected chi connectivity index (χ4v) is 3.44. The van der Waals surface area contributed by atoms with Crippen molar-refractivity contribution < 1.29 is 9.53 Å². The number of aryl methyl sites for hydroxylation is 1. The summed E-state index contributed by atoms with van der Waals surface area (Å²) in [5.41, 5.74) is 1.40. The Morgan fingerprint density at radius 1 is 1.32 bits per heavy atom. The predicted octanol–water partition coefficient (Wildman–Crippen LogP) is 3.84. The Kier molecular flexibility index (Phi) is 5.00. The van der Waals surface area contributed by atoms with E-state index in [0.717, 1.165) is 6.42 Å². The van der Waals surface area contributed by atoms with Crippen LogP contribution in [0.1, 0.15) is 38.2 Å². The first-order valence-electron chi connectivity index (χ1n) is 7.34. The smallest absolute Gasteiger partial charge is 0.308 e. The molecule has 1 saturated carbocycles. The van der Waals surface area contributed by atoms with Gasteiger partial charge in [-0.05, 0) is 36.7 Å². The fourth-order valence-electron chi connectivity index (χ4n) is 3.44. The number of carbonyl (C=O) groups is 1. The van der Waals surface area contributed by atoms with Crippen LogP contribution >= 0.6 is 0 Å². The van der Waals surface area contributed by atoms with Crippen LogP contribution in [0, 0.1) is 17.8 Å². The van der Waals surface area contributed by atoms with E-state index in [0.29, 0.717) is 11.8 Å². The zero-order valence-electron chi connectivity index (χ0n) is 12.0. The second-order valence-corrected chi connectivity index (χ2v) is 5.69. The van der Waals surface area contributed by atoms with E-state index in [2.05, 4.69) is 30.3 Å². The topological polar surface area (TPSA) is 26.3 Å². The summed E-state index contributed by atoms with van der Waals surface area (Å²) in [6.45, 7) is 2.03. The first-order valence-corrected chi connectivity index (χ1v) is 7.34. The number of methoxy groups -OCH3 is 1. The third-order valence-electron chi connectivity index (χ3n) is 4.58. The molecule has 2 rings (SSSR count). The van der Waals surface area contributed by atoms with E-state index in [1.807, 2.05) is 6.92 Å². The molecule has 0 saturated heterocycles. The highest BCUT2D eigenvalue weighted by molar-refractivity contribution is 5.72. The van der Waals surface area contributed by atoms with Crippen molar-refractivity contribution in [1.82, 2.24) is 0 Å². The molecule has 1 aliphatic rings. The van der Waals surface area contributed by atoms with Crippen LogP contribution in [0.5, 0.6) is 0 Å². The molecule has 0 heterocycles. The van der Waals surface area contributed by atoms with Gasteiger partial charge in [0.05, 0.1) is 13.0 Å². The Hall–Kier alpha value is -1.31. The van der Waals surface area contributed by atoms with E-state index in [1.54, 1.807) is 0 Å². The van der Waals surface area contributed by atoms with E-state index in [4.69, 9.17) is 4.74 Å². The number of ether oxygens (including phenoxy) is 1. The molecule has 19 heavy (non-hydrogen) atoms. The van der Waals surface area contributed by atoms with Crippen LogP contribution in [0.15, 0.2) is 30.3 Å². The minimum atomic E-state index is -0.0448. The van der Waals surface area contributed by atoms with Crippen molar-refractivity contribution in [3.63, 3.8) is 0 Å². The van der Waals surface area contributed by atoms with Gasteiger partial charge in [-0.2, -0.15) is 0 Å². The van der Waals surface area contributed by atoms with Crippen molar-refractivity contribution in [3.05, 3.63) is 35.9 Å². The van der Waals surface area contributed by atoms with Crippen LogP contribution in [0.2, 0.25) is 0 Å². The molecule has 0 unspecified atom stereocenters. The Balaban J connectivity index is 1.90. The largest absolute Gasteiger partial charge is 0.469 e. The summed E-state index contributed by atoms with van der Waals surface area (Å²) in [6, 6.07) is 10.6. The number of esters is 1. The fraction of sp³-hybridized carbons (Fsp3) is 0.588. The normalized spacial score (nSPS) is 24.1. The summed E-state index contributed by atoms with van der Waals surface area (Å²) < 4.78 is 4.90. The average molecular weight is 260 g/mol. The van der Waals surface area contributed by atoms with Gasteiger partial charge in [0.1, 0.15) is 0 Å². The van der Waals surface area contributed by atoms with E-state index in [-0.39, 0.29) is 11.9 Å². The lowest BCUT2D eigenvalue weighted by Gasteiger charge is -2.24. The molecular weight excluding hydrogens is 236 g/mol. The second-order valence-electron chi connectivity index (χ2n) is 5.69. The Bertz CT molecular complexity index is 399. The van der Waals surface area contributed by atoms with E-state index in [1.165, 1.54) is 38.4 Å². The molecule has 2 nitrogen and oxygen atoms in total. The van der Waals surface area contributed by atoms with Gasteiger partial charge in [0.2, 0.25) is 0 Å². The molecule has 2 heteroatoms. The van der Waals surface area contributed by atoms with Crippen LogP contribution in [-0.4, -0.2) is 13.1 Å². The van der Waals surface area contributed by atoms with Gasteiger partial charge < -0.3 is 4.74 Å². The van der Waals surface area contributed by atoms with Gasteiger partial charge >= 0.3 is 5.97 Å². The van der Waals surface area contributed by atoms with Gasteiger partial charge in [0.25, 0.3) is 0 Å². The van der Waals surface area contributed by atoms with Gasteiger partial charge in [0.15, 0.2) is 0 Å². The Morgan fingerprint density at radius 2 is 2.05 bits per heavy atom. The minimum Gasteiger partial charge on any atom is -0.469 e. The number of hydrogen-bond donors (Lipinski definition) is 0. The molecule has 0 aliphatic heterocycles. The maximum absolute atomic E-state index is 11.7. The molecule has 0 aromatic heterocycles. The highest BCUT2D eigenvalue weighted by Gasteiger charge is 2.34. The van der Waals surface area contributed by atoms with Crippen molar-refractivity contribution >= 4 is 5.97 Å². The summed E-state index contributed by atoms with van der Waals surface area (Å²) in [7, 11) is 1.49. The molecule has 0 amide bonds. The summed E-state index contributed by atoms with van der Waals surface area (Å²) in [5.74, 6) is 1.19. The molecule has 1 aromatic rings. The highest BCUT2D eigenvalue weighted by atomic mass is 16.5. The van der Waals surface area contributed by atoms with Crippen LogP contribution < -0.4 is 0 Å². The Labute approximate surface area is 116 Å². The van der Waals surface area contributed by atoms with Crippen molar-refractivity contribution in [3.8, 4) is 0 Å². The second kappa shape index (κ2) is 6.74. The first-order chi connectivity index (χ1) is 9.22. The lowest BCUT2D eigenvalue weighted by atomic mass is 9.82. The van der Waals surface area contributed by atoms with Crippen LogP contribution in [0.4, 0.5) is 0 Å². The van der Waals surface area contributed by atoms with Crippen LogP contribution in [0.3, 0.4) is 0 Å². The highest BCUT2D eigenvalue weighted by Crippen LogP contribution is 2.39. The third-order valence-corrected chi connectivity index (χ3v) is 4.58. The molecule has 0 spiro atoms. The van der Waals surface area contributed by atoms with Gasteiger partial charge in [-0.1, -0.05) is 50.1 Å². The quantitative estimate of drug-likeness (QED) is 0.752. The Morgan fingerprint density at radius 3 is 2.74 bits per heavy atom. The molecule has 0 radical (unpaired) electrons. The molecule has 104 valence electrons. The molecule has 1 aromatic carbocycles. The van der Waals surface area contributed by atoms with Gasteiger partial charge in [-0.15, -0.1) is 0 Å². The molecule has 1 fully saturated rings. The van der Waals surface area contributed by atoms with Crippen molar-refractivity contribution in [1.29, 1.82) is 0 Å². The molecule has 3 atom stereocenters. The van der Waals surface area contributed by atoms with E-state index >= 15 is 0 Å². The molecule has 0 bridgehead atoms. The minimum absolute atomic E-state index is 0.0448. The van der Waals surface area contributed by atoms with Gasteiger partial charge in [-0.25, -0.2) is 0 Å². The summed E-state index contributed by atoms with van der Waals surface area (Å²) in [4.78, 5) is 11.7. The van der Waals surface area contributed by atoms with Crippen molar-refractivity contribution in [2.75, 3.05) is 7.11 Å². The number of hydrogen-bond acceptors (Lipinski definition) is 2. The average Bonchev–Trinajstić information content (AvgIpc) is 2.93. The lowest BCUT2D eigenvalue weighted by Crippen LogP contribution is -2.25. The van der Waals surface area contributed by atoms with Crippen LogP contribution in [-0.2, 0) is 16.0 Å². The van der Waals surface area contributed by atoms with Gasteiger partial charge in [-0.3, -0.25) is 4.79 Å². The third kappa shape index (κ3) is 3.59. The van der Waals surface area contributed by atoms with E-state index < -0.39 is 0 Å². The summed E-state index contributed by atoms with van der Waals surface area (Å²) in [6.07, 6.45) is 6.01. The van der Waals surface area contributed by atoms with E-state index in [9.17, 15) is 4.79 Å². The number of benzene rings is 1. The summed E-state index contributed by atoms with van der Waals surface area (Å²) in [5, 5.41) is 0. The molecular formula is C17H24O2. The number of rotatable bonds is 5. The predicted molar refractivity (Wildman–Crippen MR) is 76.8 cm³/mol. The first kappa shape index (κ1) is 14.1. The lowest BCUT2D eigenvalue weighted by molar-refractivity contribution is -0.147. The molecule has 0 N–H and O–H groups in total. The summed E-state index contributed by atoms with van der Waals surface area (Å²) >= 11 is 0. The maximum atomic E-state index is 11.7. The number of carbonyl (C=O) groups excluding carboxylic acids is 1. The molecule has 1 aliphatic carbocycles. The van der Waals surface area contributed by atoms with Crippen molar-refractivity contribution in [2.45, 2.75) is 39.0 Å². The van der Waals surface area contributed by atoms with Gasteiger partial charge in [0, 0.05) is 0 Å². The SMILES string of the molecule is COC(=O)[C@H](C)[C@H]1CCC[C@@H]1CCc1ccccc1. The van der Waals surface area contributed by atoms with Crippen LogP contribution in [0.25, 0.3) is 0 Å². The zero-order valence-corrected chi connectivity index (χ0v) is 12.0. The maximum Gasteiger partial charge on any atom is 0.308 e.